The molecular formula is C10H11N5O2S. The first kappa shape index (κ1) is 12.2. The maximum absolute atomic E-state index is 11.5. The summed E-state index contributed by atoms with van der Waals surface area (Å²) < 4.78 is 5.08. The molecule has 0 aliphatic carbocycles. The number of nitrogens with one attached hydrogen (secondary N) is 2. The molecule has 0 spiro atoms. The summed E-state index contributed by atoms with van der Waals surface area (Å²) >= 11 is 1.25. The molecule has 7 nitrogen and oxygen atoms in total. The minimum Gasteiger partial charge on any atom is -0.481 e. The van der Waals surface area contributed by atoms with E-state index in [9.17, 15) is 4.79 Å². The summed E-state index contributed by atoms with van der Waals surface area (Å²) in [7, 11) is 1.53. The molecule has 18 heavy (non-hydrogen) atoms. The first-order valence-corrected chi connectivity index (χ1v) is 5.96. The van der Waals surface area contributed by atoms with E-state index < -0.39 is 0 Å². The Hall–Kier alpha value is -2.22. The summed E-state index contributed by atoms with van der Waals surface area (Å²) in [4.78, 5) is 15.6. The zero-order valence-electron chi connectivity index (χ0n) is 9.58. The Balaban J connectivity index is 1.89. The number of methoxy groups -OCH3 is 1. The molecule has 2 aromatic rings. The molecular weight excluding hydrogens is 254 g/mol. The molecule has 2 heterocycles. The number of pyridine rings is 1. The highest BCUT2D eigenvalue weighted by Crippen LogP contribution is 2.13. The van der Waals surface area contributed by atoms with Crippen molar-refractivity contribution in [3.05, 3.63) is 29.4 Å². The fourth-order valence-electron chi connectivity index (χ4n) is 1.29. The maximum Gasteiger partial charge on any atom is 0.321 e. The van der Waals surface area contributed by atoms with Crippen molar-refractivity contribution < 1.29 is 9.53 Å². The Morgan fingerprint density at radius 3 is 3.17 bits per heavy atom. The molecule has 0 bridgehead atoms. The van der Waals surface area contributed by atoms with Gasteiger partial charge in [-0.15, -0.1) is 10.2 Å². The second-order valence-corrected chi connectivity index (χ2v) is 4.06. The Morgan fingerprint density at radius 1 is 1.56 bits per heavy atom. The quantitative estimate of drug-likeness (QED) is 0.868. The van der Waals surface area contributed by atoms with Crippen LogP contribution in [-0.2, 0) is 6.54 Å². The van der Waals surface area contributed by atoms with Crippen LogP contribution in [0.25, 0.3) is 0 Å². The molecule has 0 saturated heterocycles. The molecule has 94 valence electrons. The van der Waals surface area contributed by atoms with Gasteiger partial charge in [0.2, 0.25) is 11.0 Å². The van der Waals surface area contributed by atoms with Crippen LogP contribution in [0.5, 0.6) is 5.88 Å². The van der Waals surface area contributed by atoms with E-state index in [1.165, 1.54) is 18.4 Å². The summed E-state index contributed by atoms with van der Waals surface area (Å²) in [5.41, 5.74) is 2.34. The Labute approximate surface area is 107 Å². The SMILES string of the molecule is COc1ncccc1CNC(=O)Nc1nncs1. The number of aromatic nitrogens is 3. The van der Waals surface area contributed by atoms with Gasteiger partial charge in [-0.3, -0.25) is 5.32 Å². The van der Waals surface area contributed by atoms with Gasteiger partial charge in [-0.1, -0.05) is 17.4 Å². The van der Waals surface area contributed by atoms with E-state index in [4.69, 9.17) is 4.74 Å². The van der Waals surface area contributed by atoms with Crippen molar-refractivity contribution in [3.63, 3.8) is 0 Å². The summed E-state index contributed by atoms with van der Waals surface area (Å²) in [5, 5.41) is 13.0. The van der Waals surface area contributed by atoms with Crippen LogP contribution in [0.15, 0.2) is 23.8 Å². The van der Waals surface area contributed by atoms with Gasteiger partial charge in [0.25, 0.3) is 0 Å². The fraction of sp³-hybridized carbons (Fsp3) is 0.200. The number of rotatable bonds is 4. The molecule has 0 saturated carbocycles. The van der Waals surface area contributed by atoms with E-state index in [1.54, 1.807) is 17.8 Å². The van der Waals surface area contributed by atoms with E-state index >= 15 is 0 Å². The third-order valence-electron chi connectivity index (χ3n) is 2.06. The molecule has 0 atom stereocenters. The molecule has 2 rings (SSSR count). The standard InChI is InChI=1S/C10H11N5O2S/c1-17-8-7(3-2-4-11-8)5-12-9(16)14-10-15-13-6-18-10/h2-4,6H,5H2,1H3,(H2,12,14,15,16). The predicted octanol–water partition coefficient (Wildman–Crippen LogP) is 1.26. The van der Waals surface area contributed by atoms with Crippen LogP contribution in [0, 0.1) is 0 Å². The van der Waals surface area contributed by atoms with Crippen molar-refractivity contribution in [1.29, 1.82) is 0 Å². The van der Waals surface area contributed by atoms with Crippen molar-refractivity contribution in [2.75, 3.05) is 12.4 Å². The molecule has 0 aliphatic heterocycles. The lowest BCUT2D eigenvalue weighted by Crippen LogP contribution is -2.28. The van der Waals surface area contributed by atoms with E-state index in [-0.39, 0.29) is 6.03 Å². The summed E-state index contributed by atoms with van der Waals surface area (Å²) in [6, 6.07) is 3.26. The number of hydrogen-bond donors (Lipinski definition) is 2. The highest BCUT2D eigenvalue weighted by atomic mass is 32.1. The van der Waals surface area contributed by atoms with Crippen LogP contribution >= 0.6 is 11.3 Å². The molecule has 2 aromatic heterocycles. The lowest BCUT2D eigenvalue weighted by atomic mass is 10.3. The van der Waals surface area contributed by atoms with Crippen molar-refractivity contribution in [3.8, 4) is 5.88 Å². The van der Waals surface area contributed by atoms with Crippen LogP contribution in [0.2, 0.25) is 0 Å². The van der Waals surface area contributed by atoms with Gasteiger partial charge >= 0.3 is 6.03 Å². The van der Waals surface area contributed by atoms with Gasteiger partial charge in [-0.05, 0) is 6.07 Å². The molecule has 0 fully saturated rings. The number of nitrogens with zero attached hydrogens (tertiary/aromatic N) is 3. The van der Waals surface area contributed by atoms with Gasteiger partial charge in [-0.25, -0.2) is 9.78 Å². The van der Waals surface area contributed by atoms with Crippen LogP contribution < -0.4 is 15.4 Å². The van der Waals surface area contributed by atoms with Gasteiger partial charge < -0.3 is 10.1 Å². The molecule has 0 aliphatic rings. The largest absolute Gasteiger partial charge is 0.481 e. The smallest absolute Gasteiger partial charge is 0.321 e. The third-order valence-corrected chi connectivity index (χ3v) is 2.67. The van der Waals surface area contributed by atoms with Crippen molar-refractivity contribution in [2.45, 2.75) is 6.54 Å². The second kappa shape index (κ2) is 5.92. The molecule has 2 amide bonds. The lowest BCUT2D eigenvalue weighted by Gasteiger charge is -2.08. The van der Waals surface area contributed by atoms with Crippen LogP contribution in [0.1, 0.15) is 5.56 Å². The number of anilines is 1. The van der Waals surface area contributed by atoms with Crippen molar-refractivity contribution in [1.82, 2.24) is 20.5 Å². The van der Waals surface area contributed by atoms with E-state index in [2.05, 4.69) is 25.8 Å². The zero-order chi connectivity index (χ0) is 12.8. The number of carbonyl (C=O) groups excluding carboxylic acids is 1. The first-order valence-electron chi connectivity index (χ1n) is 5.08. The average Bonchev–Trinajstić information content (AvgIpc) is 2.89. The molecule has 0 aromatic carbocycles. The zero-order valence-corrected chi connectivity index (χ0v) is 10.4. The Morgan fingerprint density at radius 2 is 2.44 bits per heavy atom. The monoisotopic (exact) mass is 265 g/mol. The number of urea groups is 1. The fourth-order valence-corrected chi connectivity index (χ4v) is 1.73. The molecule has 0 radical (unpaired) electrons. The summed E-state index contributed by atoms with van der Waals surface area (Å²) in [6.07, 6.45) is 1.63. The van der Waals surface area contributed by atoms with Crippen molar-refractivity contribution in [2.24, 2.45) is 0 Å². The Bertz CT molecular complexity index is 517. The molecule has 8 heteroatoms. The van der Waals surface area contributed by atoms with Crippen LogP contribution in [-0.4, -0.2) is 28.3 Å². The van der Waals surface area contributed by atoms with Gasteiger partial charge in [0.15, 0.2) is 0 Å². The van der Waals surface area contributed by atoms with Crippen LogP contribution in [0.3, 0.4) is 0 Å². The van der Waals surface area contributed by atoms with Gasteiger partial charge in [0, 0.05) is 18.3 Å². The van der Waals surface area contributed by atoms with Gasteiger partial charge in [-0.2, -0.15) is 0 Å². The summed E-state index contributed by atoms with van der Waals surface area (Å²) in [6.45, 7) is 0.321. The highest BCUT2D eigenvalue weighted by molar-refractivity contribution is 7.13. The van der Waals surface area contributed by atoms with Gasteiger partial charge in [0.1, 0.15) is 5.51 Å². The number of hydrogen-bond acceptors (Lipinski definition) is 6. The predicted molar refractivity (Wildman–Crippen MR) is 66.6 cm³/mol. The van der Waals surface area contributed by atoms with Crippen LogP contribution in [0.4, 0.5) is 9.93 Å². The minimum atomic E-state index is -0.349. The second-order valence-electron chi connectivity index (χ2n) is 3.22. The van der Waals surface area contributed by atoms with Crippen molar-refractivity contribution >= 4 is 22.5 Å². The highest BCUT2D eigenvalue weighted by Gasteiger charge is 2.07. The number of ether oxygens (including phenoxy) is 1. The summed E-state index contributed by atoms with van der Waals surface area (Å²) in [5.74, 6) is 0.494. The van der Waals surface area contributed by atoms with E-state index in [1.807, 2.05) is 6.07 Å². The molecule has 2 N–H and O–H groups in total. The van der Waals surface area contributed by atoms with E-state index in [0.717, 1.165) is 5.56 Å². The minimum absolute atomic E-state index is 0.321. The Kier molecular flexibility index (Phi) is 4.02. The average molecular weight is 265 g/mol. The maximum atomic E-state index is 11.5. The van der Waals surface area contributed by atoms with Gasteiger partial charge in [0.05, 0.1) is 7.11 Å². The lowest BCUT2D eigenvalue weighted by molar-refractivity contribution is 0.251. The topological polar surface area (TPSA) is 89.0 Å². The number of amides is 2. The number of carbonyl (C=O) groups is 1. The normalized spacial score (nSPS) is 9.83. The third kappa shape index (κ3) is 3.14. The first-order chi connectivity index (χ1) is 8.79. The molecule has 0 unspecified atom stereocenters. The van der Waals surface area contributed by atoms with E-state index in [0.29, 0.717) is 17.6 Å².